The van der Waals surface area contributed by atoms with Crippen LogP contribution in [0.25, 0.3) is 0 Å². The summed E-state index contributed by atoms with van der Waals surface area (Å²) in [6.45, 7) is 2.40. The number of carbonyl (C=O) groups excluding carboxylic acids is 1. The van der Waals surface area contributed by atoms with Crippen LogP contribution in [0.15, 0.2) is 0 Å². The molecule has 92 valence electrons. The zero-order chi connectivity index (χ0) is 15.5. The Hall–Kier alpha value is -0.770. The Bertz CT molecular complexity index is 420. The Kier molecular flexibility index (Phi) is 1.71. The van der Waals surface area contributed by atoms with E-state index in [0.717, 1.165) is 4.90 Å². The summed E-state index contributed by atoms with van der Waals surface area (Å²) in [5.74, 6) is -0.553. The summed E-state index contributed by atoms with van der Waals surface area (Å²) in [5, 5.41) is 9.92. The largest absolute Gasteiger partial charge is 0.444 e. The summed E-state index contributed by atoms with van der Waals surface area (Å²) in [7, 11) is 0. The summed E-state index contributed by atoms with van der Waals surface area (Å²) in [6.07, 6.45) is -1.04. The average Bonchev–Trinajstić information content (AvgIpc) is 2.68. The van der Waals surface area contributed by atoms with Crippen molar-refractivity contribution in [3.05, 3.63) is 0 Å². The minimum absolute atomic E-state index is 0.242. The van der Waals surface area contributed by atoms with Gasteiger partial charge in [0, 0.05) is 10.1 Å². The molecule has 0 aromatic rings. The minimum Gasteiger partial charge on any atom is -0.444 e. The van der Waals surface area contributed by atoms with Crippen LogP contribution in [0.5, 0.6) is 0 Å². The Balaban J connectivity index is 2.35. The van der Waals surface area contributed by atoms with Crippen molar-refractivity contribution >= 4 is 6.09 Å². The first-order valence-corrected chi connectivity index (χ1v) is 5.58. The number of aliphatic hydroxyl groups excluding tert-OH is 1. The molecule has 1 heterocycles. The third-order valence-corrected chi connectivity index (χ3v) is 3.06. The van der Waals surface area contributed by atoms with E-state index in [2.05, 4.69) is 0 Å². The van der Waals surface area contributed by atoms with Gasteiger partial charge in [-0.15, -0.1) is 0 Å². The van der Waals surface area contributed by atoms with Crippen LogP contribution in [0.1, 0.15) is 45.9 Å². The number of aliphatic hydroxyl groups is 1. The number of hydrogen-bond acceptors (Lipinski definition) is 3. The van der Waals surface area contributed by atoms with Crippen molar-refractivity contribution in [1.29, 1.82) is 0 Å². The van der Waals surface area contributed by atoms with Gasteiger partial charge in [0.05, 0.1) is 13.5 Å². The van der Waals surface area contributed by atoms with Gasteiger partial charge in [0.2, 0.25) is 0 Å². The molecule has 1 N–H and O–H groups in total. The molecule has 4 atom stereocenters. The maximum Gasteiger partial charge on any atom is 0.410 e. The molecule has 2 fully saturated rings. The lowest BCUT2D eigenvalue weighted by atomic mass is 10.00. The highest BCUT2D eigenvalue weighted by atomic mass is 16.6. The lowest BCUT2D eigenvalue weighted by molar-refractivity contribution is -0.0152. The van der Waals surface area contributed by atoms with E-state index in [1.807, 2.05) is 0 Å². The molecule has 2 bridgehead atoms. The SMILES string of the molecule is [2H]C([2H])([2H])[C@]1([2H])[C@H]2C[C@@H](O)[C@H](C2)N1C(=O)OC(C)(C)C. The van der Waals surface area contributed by atoms with Crippen LogP contribution in [0, 0.1) is 5.92 Å². The Labute approximate surface area is 102 Å². The molecule has 0 aromatic carbocycles. The van der Waals surface area contributed by atoms with Crippen LogP contribution in [0.3, 0.4) is 0 Å². The van der Waals surface area contributed by atoms with Crippen molar-refractivity contribution in [1.82, 2.24) is 4.90 Å². The van der Waals surface area contributed by atoms with Gasteiger partial charge >= 0.3 is 6.09 Å². The predicted octanol–water partition coefficient (Wildman–Crippen LogP) is 1.77. The van der Waals surface area contributed by atoms with E-state index in [0.29, 0.717) is 6.42 Å². The number of ether oxygens (including phenoxy) is 1. The fourth-order valence-corrected chi connectivity index (χ4v) is 2.41. The summed E-state index contributed by atoms with van der Waals surface area (Å²) in [5.41, 5.74) is -0.778. The maximum atomic E-state index is 12.3. The van der Waals surface area contributed by atoms with Gasteiger partial charge in [-0.05, 0) is 46.4 Å². The van der Waals surface area contributed by atoms with E-state index in [1.165, 1.54) is 0 Å². The average molecular weight is 231 g/mol. The van der Waals surface area contributed by atoms with Gasteiger partial charge in [0.25, 0.3) is 0 Å². The normalized spacial score (nSPS) is 47.0. The van der Waals surface area contributed by atoms with E-state index in [-0.39, 0.29) is 6.42 Å². The highest BCUT2D eigenvalue weighted by Gasteiger charge is 2.51. The number of piperidine rings is 1. The van der Waals surface area contributed by atoms with E-state index in [9.17, 15) is 9.90 Å². The Morgan fingerprint density at radius 2 is 2.25 bits per heavy atom. The lowest BCUT2D eigenvalue weighted by Gasteiger charge is -2.36. The molecule has 4 heteroatoms. The standard InChI is InChI=1S/C12H21NO3/c1-7-8-5-9(10(14)6-8)13(7)11(15)16-12(2,3)4/h7-10,14H,5-6H2,1-4H3/t7-,8-,9+,10-/m1/s1/i1D3,7D. The molecule has 0 radical (unpaired) electrons. The van der Waals surface area contributed by atoms with Gasteiger partial charge in [0.15, 0.2) is 0 Å². The number of amides is 1. The van der Waals surface area contributed by atoms with E-state index >= 15 is 0 Å². The molecule has 4 nitrogen and oxygen atoms in total. The van der Waals surface area contributed by atoms with E-state index in [1.54, 1.807) is 20.8 Å². The number of likely N-dealkylation sites (tertiary alicyclic amines) is 1. The maximum absolute atomic E-state index is 12.3. The third-order valence-electron chi connectivity index (χ3n) is 3.06. The molecule has 1 aliphatic heterocycles. The zero-order valence-corrected chi connectivity index (χ0v) is 9.86. The van der Waals surface area contributed by atoms with Crippen molar-refractivity contribution < 1.29 is 20.1 Å². The number of fused-ring (bicyclic) bond motifs is 2. The fourth-order valence-electron chi connectivity index (χ4n) is 2.41. The van der Waals surface area contributed by atoms with Crippen molar-refractivity contribution in [2.24, 2.45) is 5.92 Å². The van der Waals surface area contributed by atoms with E-state index < -0.39 is 42.6 Å². The summed E-state index contributed by atoms with van der Waals surface area (Å²) < 4.78 is 36.4. The molecule has 2 aliphatic rings. The molecule has 0 aromatic heterocycles. The van der Waals surface area contributed by atoms with Gasteiger partial charge in [-0.25, -0.2) is 4.79 Å². The molecule has 2 rings (SSSR count). The first kappa shape index (κ1) is 7.54. The summed E-state index contributed by atoms with van der Waals surface area (Å²) in [4.78, 5) is 13.2. The van der Waals surface area contributed by atoms with Gasteiger partial charge in [-0.3, -0.25) is 4.90 Å². The number of nitrogens with zero attached hydrogens (tertiary/aromatic N) is 1. The second kappa shape index (κ2) is 3.62. The van der Waals surface area contributed by atoms with Crippen LogP contribution >= 0.6 is 0 Å². The molecule has 16 heavy (non-hydrogen) atoms. The summed E-state index contributed by atoms with van der Waals surface area (Å²) >= 11 is 0. The molecular formula is C12H21NO3. The zero-order valence-electron chi connectivity index (χ0n) is 13.9. The van der Waals surface area contributed by atoms with E-state index in [4.69, 9.17) is 10.2 Å². The third kappa shape index (κ3) is 1.90. The lowest BCUT2D eigenvalue weighted by Crippen LogP contribution is -2.50. The summed E-state index contributed by atoms with van der Waals surface area (Å²) in [6, 6.07) is -2.66. The first-order valence-electron chi connectivity index (χ1n) is 7.58. The van der Waals surface area contributed by atoms with Crippen molar-refractivity contribution in [3.63, 3.8) is 0 Å². The van der Waals surface area contributed by atoms with Crippen LogP contribution in [0.2, 0.25) is 0 Å². The number of rotatable bonds is 0. The second-order valence-corrected chi connectivity index (χ2v) is 5.54. The van der Waals surface area contributed by atoms with Crippen LogP contribution < -0.4 is 0 Å². The van der Waals surface area contributed by atoms with Crippen LogP contribution in [-0.4, -0.2) is 39.9 Å². The molecule has 0 spiro atoms. The Morgan fingerprint density at radius 3 is 2.81 bits per heavy atom. The second-order valence-electron chi connectivity index (χ2n) is 5.54. The van der Waals surface area contributed by atoms with Gasteiger partial charge in [-0.1, -0.05) is 0 Å². The highest BCUT2D eigenvalue weighted by Crippen LogP contribution is 2.42. The minimum atomic E-state index is -2.64. The predicted molar refractivity (Wildman–Crippen MR) is 60.1 cm³/mol. The quantitative estimate of drug-likeness (QED) is 0.691. The molecule has 1 saturated heterocycles. The van der Waals surface area contributed by atoms with Gasteiger partial charge < -0.3 is 9.84 Å². The molecule has 1 aliphatic carbocycles. The first-order chi connectivity index (χ1) is 8.88. The number of carbonyl (C=O) groups is 1. The van der Waals surface area contributed by atoms with Crippen molar-refractivity contribution in [3.8, 4) is 0 Å². The van der Waals surface area contributed by atoms with Crippen LogP contribution in [0.4, 0.5) is 4.79 Å². The molecular weight excluding hydrogens is 206 g/mol. The molecule has 0 unspecified atom stereocenters. The monoisotopic (exact) mass is 231 g/mol. The van der Waals surface area contributed by atoms with Crippen molar-refractivity contribution in [2.45, 2.75) is 64.2 Å². The van der Waals surface area contributed by atoms with Gasteiger partial charge in [-0.2, -0.15) is 0 Å². The highest BCUT2D eigenvalue weighted by molar-refractivity contribution is 5.70. The van der Waals surface area contributed by atoms with Crippen LogP contribution in [-0.2, 0) is 4.74 Å². The number of hydrogen-bond donors (Lipinski definition) is 1. The Morgan fingerprint density at radius 1 is 1.56 bits per heavy atom. The topological polar surface area (TPSA) is 49.8 Å². The fraction of sp³-hybridized carbons (Fsp3) is 0.917. The van der Waals surface area contributed by atoms with Gasteiger partial charge in [0.1, 0.15) is 5.60 Å². The van der Waals surface area contributed by atoms with Crippen molar-refractivity contribution in [2.75, 3.05) is 0 Å². The molecule has 1 amide bonds. The molecule has 1 saturated carbocycles. The smallest absolute Gasteiger partial charge is 0.410 e.